The van der Waals surface area contributed by atoms with Gasteiger partial charge in [-0.15, -0.1) is 12.4 Å². The van der Waals surface area contributed by atoms with Crippen molar-refractivity contribution in [3.63, 3.8) is 0 Å². The molecule has 74 valence electrons. The zero-order valence-electron chi connectivity index (χ0n) is 5.97. The third-order valence-electron chi connectivity index (χ3n) is 1.06. The summed E-state index contributed by atoms with van der Waals surface area (Å²) in [7, 11) is 0. The number of rotatable bonds is 3. The van der Waals surface area contributed by atoms with E-state index in [1.807, 2.05) is 0 Å². The van der Waals surface area contributed by atoms with Crippen LogP contribution in [0.5, 0.6) is 0 Å². The Hall–Kier alpha value is -0.490. The van der Waals surface area contributed by atoms with Crippen LogP contribution >= 0.6 is 12.4 Å². The second kappa shape index (κ2) is 5.21. The van der Waals surface area contributed by atoms with Gasteiger partial charge in [0.05, 0.1) is 0 Å². The van der Waals surface area contributed by atoms with Gasteiger partial charge in [-0.25, -0.2) is 0 Å². The summed E-state index contributed by atoms with van der Waals surface area (Å²) in [5.41, 5.74) is 4.82. The highest BCUT2D eigenvalue weighted by Crippen LogP contribution is 2.21. The van der Waals surface area contributed by atoms with Crippen LogP contribution in [0.15, 0.2) is 0 Å². The second-order valence-electron chi connectivity index (χ2n) is 2.10. The Labute approximate surface area is 73.1 Å². The first-order valence-corrected chi connectivity index (χ1v) is 2.88. The van der Waals surface area contributed by atoms with E-state index < -0.39 is 31.0 Å². The van der Waals surface area contributed by atoms with Crippen molar-refractivity contribution in [1.29, 1.82) is 0 Å². The van der Waals surface area contributed by atoms with Crippen LogP contribution in [0.2, 0.25) is 0 Å². The lowest BCUT2D eigenvalue weighted by molar-refractivity contribution is -0.144. The monoisotopic (exact) mass is 207 g/mol. The first-order valence-electron chi connectivity index (χ1n) is 2.88. The van der Waals surface area contributed by atoms with Crippen LogP contribution in [-0.4, -0.2) is 23.3 Å². The van der Waals surface area contributed by atoms with Crippen LogP contribution in [0.3, 0.4) is 0 Å². The largest absolute Gasteiger partial charge is 0.480 e. The molecular formula is C5H9ClF3NO2. The molecule has 1 unspecified atom stereocenters. The molecule has 0 rings (SSSR count). The van der Waals surface area contributed by atoms with E-state index in [4.69, 9.17) is 10.8 Å². The van der Waals surface area contributed by atoms with Crippen molar-refractivity contribution >= 4 is 18.4 Å². The Morgan fingerprint density at radius 2 is 1.92 bits per heavy atom. The average Bonchev–Trinajstić information content (AvgIpc) is 1.80. The van der Waals surface area contributed by atoms with Crippen LogP contribution < -0.4 is 5.73 Å². The molecule has 0 aliphatic carbocycles. The fraction of sp³-hybridized carbons (Fsp3) is 0.800. The first-order chi connectivity index (χ1) is 4.83. The summed E-state index contributed by atoms with van der Waals surface area (Å²) in [6, 6.07) is -1.42. The number of nitrogens with two attached hydrogens (primary N) is 1. The fourth-order valence-electron chi connectivity index (χ4n) is 0.443. The van der Waals surface area contributed by atoms with Crippen LogP contribution in [0.1, 0.15) is 12.8 Å². The molecule has 3 nitrogen and oxygen atoms in total. The molecule has 3 N–H and O–H groups in total. The lowest BCUT2D eigenvalue weighted by Gasteiger charge is -2.08. The maximum atomic E-state index is 11.4. The standard InChI is InChI=1S/C5H8F3NO2.ClH/c6-5(7,8)2-1-3(9)4(10)11;/h3H,1-2,9H2,(H,10,11);1H. The summed E-state index contributed by atoms with van der Waals surface area (Å²) in [6.07, 6.45) is -6.05. The topological polar surface area (TPSA) is 63.3 Å². The smallest absolute Gasteiger partial charge is 0.389 e. The zero-order valence-corrected chi connectivity index (χ0v) is 6.78. The molecule has 0 fully saturated rings. The fourth-order valence-corrected chi connectivity index (χ4v) is 0.443. The number of carboxylic acid groups (broad SMARTS) is 1. The Kier molecular flexibility index (Phi) is 6.10. The Balaban J connectivity index is 0. The molecule has 7 heteroatoms. The van der Waals surface area contributed by atoms with Gasteiger partial charge < -0.3 is 10.8 Å². The number of aliphatic carboxylic acids is 1. The van der Waals surface area contributed by atoms with E-state index in [2.05, 4.69) is 0 Å². The minimum Gasteiger partial charge on any atom is -0.480 e. The molecule has 0 aliphatic rings. The SMILES string of the molecule is Cl.NC(CCC(F)(F)F)C(=O)O. The Bertz CT molecular complexity index is 150. The highest BCUT2D eigenvalue weighted by molar-refractivity contribution is 5.85. The van der Waals surface area contributed by atoms with Gasteiger partial charge in [-0.05, 0) is 6.42 Å². The van der Waals surface area contributed by atoms with Crippen molar-refractivity contribution in [3.05, 3.63) is 0 Å². The zero-order chi connectivity index (χ0) is 9.07. The molecule has 0 heterocycles. The molecule has 0 radical (unpaired) electrons. The summed E-state index contributed by atoms with van der Waals surface area (Å²) in [6.45, 7) is 0. The minimum atomic E-state index is -4.33. The van der Waals surface area contributed by atoms with Gasteiger partial charge in [0.1, 0.15) is 6.04 Å². The van der Waals surface area contributed by atoms with Crippen molar-refractivity contribution in [3.8, 4) is 0 Å². The number of hydrogen-bond acceptors (Lipinski definition) is 2. The van der Waals surface area contributed by atoms with Gasteiger partial charge in [0, 0.05) is 6.42 Å². The highest BCUT2D eigenvalue weighted by atomic mass is 35.5. The lowest BCUT2D eigenvalue weighted by atomic mass is 10.2. The Morgan fingerprint density at radius 1 is 1.50 bits per heavy atom. The maximum Gasteiger partial charge on any atom is 0.389 e. The molecule has 0 aromatic heterocycles. The van der Waals surface area contributed by atoms with Crippen molar-refractivity contribution < 1.29 is 23.1 Å². The van der Waals surface area contributed by atoms with Gasteiger partial charge in [0.25, 0.3) is 0 Å². The molecule has 0 saturated carbocycles. The summed E-state index contributed by atoms with van der Waals surface area (Å²) in [5, 5.41) is 8.09. The predicted octanol–water partition coefficient (Wildman–Crippen LogP) is 1.16. The van der Waals surface area contributed by atoms with E-state index in [1.54, 1.807) is 0 Å². The highest BCUT2D eigenvalue weighted by Gasteiger charge is 2.28. The summed E-state index contributed by atoms with van der Waals surface area (Å²) < 4.78 is 34.3. The molecule has 0 amide bonds. The molecule has 1 atom stereocenters. The number of carboxylic acids is 1. The normalized spacial score (nSPS) is 13.3. The third kappa shape index (κ3) is 7.62. The molecule has 0 bridgehead atoms. The third-order valence-corrected chi connectivity index (χ3v) is 1.06. The van der Waals surface area contributed by atoms with Gasteiger partial charge in [0.2, 0.25) is 0 Å². The second-order valence-corrected chi connectivity index (χ2v) is 2.10. The van der Waals surface area contributed by atoms with Crippen LogP contribution in [0, 0.1) is 0 Å². The van der Waals surface area contributed by atoms with Gasteiger partial charge in [-0.3, -0.25) is 4.79 Å². The van der Waals surface area contributed by atoms with Crippen molar-refractivity contribution in [2.75, 3.05) is 0 Å². The van der Waals surface area contributed by atoms with Gasteiger partial charge in [-0.1, -0.05) is 0 Å². The molecule has 0 saturated heterocycles. The summed E-state index contributed by atoms with van der Waals surface area (Å²) in [5.74, 6) is -1.41. The van der Waals surface area contributed by atoms with Gasteiger partial charge in [-0.2, -0.15) is 13.2 Å². The number of halogens is 4. The number of carbonyl (C=O) groups is 1. The maximum absolute atomic E-state index is 11.4. The Morgan fingerprint density at radius 3 is 2.17 bits per heavy atom. The number of hydrogen-bond donors (Lipinski definition) is 2. The molecule has 12 heavy (non-hydrogen) atoms. The van der Waals surface area contributed by atoms with E-state index in [0.717, 1.165) is 0 Å². The average molecular weight is 208 g/mol. The van der Waals surface area contributed by atoms with E-state index in [0.29, 0.717) is 0 Å². The lowest BCUT2D eigenvalue weighted by Crippen LogP contribution is -2.31. The van der Waals surface area contributed by atoms with Gasteiger partial charge >= 0.3 is 12.1 Å². The van der Waals surface area contributed by atoms with E-state index in [9.17, 15) is 18.0 Å². The van der Waals surface area contributed by atoms with Crippen molar-refractivity contribution in [2.45, 2.75) is 25.1 Å². The quantitative estimate of drug-likeness (QED) is 0.730. The molecule has 0 aromatic carbocycles. The van der Waals surface area contributed by atoms with Crippen LogP contribution in [-0.2, 0) is 4.79 Å². The predicted molar refractivity (Wildman–Crippen MR) is 38.1 cm³/mol. The summed E-state index contributed by atoms with van der Waals surface area (Å²) in [4.78, 5) is 9.92. The minimum absolute atomic E-state index is 0. The molecular weight excluding hydrogens is 199 g/mol. The van der Waals surface area contributed by atoms with Crippen LogP contribution in [0.4, 0.5) is 13.2 Å². The van der Waals surface area contributed by atoms with Crippen molar-refractivity contribution in [2.24, 2.45) is 5.73 Å². The molecule has 0 aromatic rings. The molecule has 0 spiro atoms. The van der Waals surface area contributed by atoms with Crippen LogP contribution in [0.25, 0.3) is 0 Å². The van der Waals surface area contributed by atoms with E-state index in [1.165, 1.54) is 0 Å². The van der Waals surface area contributed by atoms with E-state index >= 15 is 0 Å². The summed E-state index contributed by atoms with van der Waals surface area (Å²) >= 11 is 0. The molecule has 0 aliphatic heterocycles. The number of alkyl halides is 3. The van der Waals surface area contributed by atoms with E-state index in [-0.39, 0.29) is 12.4 Å². The van der Waals surface area contributed by atoms with Crippen molar-refractivity contribution in [1.82, 2.24) is 0 Å². The first kappa shape index (κ1) is 14.1. The van der Waals surface area contributed by atoms with Gasteiger partial charge in [0.15, 0.2) is 0 Å².